The van der Waals surface area contributed by atoms with Gasteiger partial charge in [-0.25, -0.2) is 0 Å². The minimum atomic E-state index is -0.528. The molecule has 2 fully saturated rings. The molecular formula is C46H64N4O8. The first-order valence-corrected chi connectivity index (χ1v) is 20.8. The van der Waals surface area contributed by atoms with E-state index >= 15 is 0 Å². The first-order valence-electron chi connectivity index (χ1n) is 20.8. The molecule has 0 aromatic heterocycles. The highest BCUT2D eigenvalue weighted by Gasteiger charge is 2.58. The summed E-state index contributed by atoms with van der Waals surface area (Å²) in [6.07, 6.45) is 9.41. The smallest absolute Gasteiger partial charge is 0.220 e. The Morgan fingerprint density at radius 3 is 1.53 bits per heavy atom. The summed E-state index contributed by atoms with van der Waals surface area (Å²) in [5.41, 5.74) is 9.58. The van der Waals surface area contributed by atoms with E-state index in [1.165, 1.54) is 24.3 Å². The number of carbonyl (C=O) groups is 3. The minimum Gasteiger partial charge on any atom is -0.508 e. The van der Waals surface area contributed by atoms with Crippen molar-refractivity contribution >= 4 is 17.7 Å². The van der Waals surface area contributed by atoms with Crippen molar-refractivity contribution in [3.8, 4) is 28.7 Å². The van der Waals surface area contributed by atoms with Gasteiger partial charge in [0.05, 0.1) is 0 Å². The lowest BCUT2D eigenvalue weighted by molar-refractivity contribution is -0.128. The van der Waals surface area contributed by atoms with Crippen LogP contribution in [0.1, 0.15) is 113 Å². The van der Waals surface area contributed by atoms with Gasteiger partial charge in [0.25, 0.3) is 0 Å². The molecule has 4 unspecified atom stereocenters. The number of fused-ring (bicyclic) bond motifs is 2. The molecule has 0 spiro atoms. The van der Waals surface area contributed by atoms with E-state index in [-0.39, 0.29) is 62.7 Å². The van der Waals surface area contributed by atoms with Crippen LogP contribution >= 0.6 is 0 Å². The number of carbonyl (C=O) groups excluding carboxylic acids is 3. The second kappa shape index (κ2) is 18.7. The van der Waals surface area contributed by atoms with Gasteiger partial charge >= 0.3 is 0 Å². The molecule has 58 heavy (non-hydrogen) atoms. The number of nitrogens with one attached hydrogen (secondary N) is 3. The maximum atomic E-state index is 13.4. The molecule has 2 saturated carbocycles. The van der Waals surface area contributed by atoms with E-state index in [1.54, 1.807) is 18.2 Å². The predicted molar refractivity (Wildman–Crippen MR) is 223 cm³/mol. The largest absolute Gasteiger partial charge is 0.508 e. The van der Waals surface area contributed by atoms with Crippen molar-refractivity contribution in [3.63, 3.8) is 0 Å². The fraction of sp³-hybridized carbons (Fsp3) is 0.543. The van der Waals surface area contributed by atoms with E-state index in [0.29, 0.717) is 77.4 Å². The fourth-order valence-electron chi connectivity index (χ4n) is 10.3. The average Bonchev–Trinajstić information content (AvgIpc) is 3.16. The number of hydrogen-bond donors (Lipinski definition) is 9. The van der Waals surface area contributed by atoms with Gasteiger partial charge in [0.1, 0.15) is 5.75 Å². The number of aryl methyl sites for hydroxylation is 1. The van der Waals surface area contributed by atoms with Gasteiger partial charge in [-0.15, -0.1) is 0 Å². The number of amides is 3. The Balaban J connectivity index is 1.22. The van der Waals surface area contributed by atoms with Crippen molar-refractivity contribution in [1.82, 2.24) is 16.0 Å². The zero-order valence-corrected chi connectivity index (χ0v) is 34.5. The summed E-state index contributed by atoms with van der Waals surface area (Å²) >= 11 is 0. The topological polar surface area (TPSA) is 214 Å². The molecule has 12 heteroatoms. The van der Waals surface area contributed by atoms with Gasteiger partial charge in [-0.3, -0.25) is 14.4 Å². The number of rotatable bonds is 19. The van der Waals surface area contributed by atoms with Crippen LogP contribution in [-0.4, -0.2) is 68.4 Å². The van der Waals surface area contributed by atoms with Gasteiger partial charge in [-0.05, 0) is 146 Å². The molecule has 10 N–H and O–H groups in total. The van der Waals surface area contributed by atoms with E-state index < -0.39 is 5.54 Å². The van der Waals surface area contributed by atoms with Gasteiger partial charge in [0, 0.05) is 44.4 Å². The predicted octanol–water partition coefficient (Wildman–Crippen LogP) is 6.30. The molecule has 0 radical (unpaired) electrons. The third kappa shape index (κ3) is 12.0. The van der Waals surface area contributed by atoms with Gasteiger partial charge < -0.3 is 47.2 Å². The second-order valence-electron chi connectivity index (χ2n) is 18.0. The van der Waals surface area contributed by atoms with Crippen molar-refractivity contribution in [2.75, 3.05) is 19.6 Å². The van der Waals surface area contributed by atoms with Gasteiger partial charge in [-0.1, -0.05) is 44.5 Å². The summed E-state index contributed by atoms with van der Waals surface area (Å²) in [4.78, 5) is 39.7. The lowest BCUT2D eigenvalue weighted by Crippen LogP contribution is -2.61. The monoisotopic (exact) mass is 800 g/mol. The third-order valence-electron chi connectivity index (χ3n) is 12.8. The molecule has 3 amide bonds. The van der Waals surface area contributed by atoms with Crippen LogP contribution in [0.25, 0.3) is 0 Å². The molecule has 5 rings (SSSR count). The van der Waals surface area contributed by atoms with Gasteiger partial charge in [-0.2, -0.15) is 0 Å². The van der Waals surface area contributed by atoms with Crippen molar-refractivity contribution in [3.05, 3.63) is 76.9 Å². The fourth-order valence-corrected chi connectivity index (χ4v) is 10.3. The zero-order chi connectivity index (χ0) is 42.1. The first kappa shape index (κ1) is 44.1. The quantitative estimate of drug-likeness (QED) is 0.0621. The summed E-state index contributed by atoms with van der Waals surface area (Å²) in [7, 11) is 0. The summed E-state index contributed by atoms with van der Waals surface area (Å²) in [6.45, 7) is 7.51. The SMILES string of the molecule is CCC1(CCC(=O)NCCc2ccc(C)c(O)c2)CC2(N)CC(C)(CCC(=O)NCCc3ccc(O)c(O)c3)CC(CCC(=O)NCCc3ccc(O)c(O)c3)(C2)C1. The third-order valence-corrected chi connectivity index (χ3v) is 12.8. The molecule has 0 heterocycles. The van der Waals surface area contributed by atoms with Gasteiger partial charge in [0.2, 0.25) is 17.7 Å². The summed E-state index contributed by atoms with van der Waals surface area (Å²) < 4.78 is 0. The second-order valence-corrected chi connectivity index (χ2v) is 18.0. The molecule has 0 aliphatic heterocycles. The van der Waals surface area contributed by atoms with Crippen LogP contribution in [0.2, 0.25) is 0 Å². The zero-order valence-electron chi connectivity index (χ0n) is 34.5. The van der Waals surface area contributed by atoms with Crippen molar-refractivity contribution in [1.29, 1.82) is 0 Å². The number of phenols is 5. The number of benzene rings is 3. The maximum absolute atomic E-state index is 13.4. The van der Waals surface area contributed by atoms with Crippen LogP contribution in [0.4, 0.5) is 0 Å². The highest BCUT2D eigenvalue weighted by Crippen LogP contribution is 2.65. The van der Waals surface area contributed by atoms with Crippen LogP contribution in [0, 0.1) is 23.2 Å². The molecule has 2 aliphatic rings. The Morgan fingerprint density at radius 2 is 1.05 bits per heavy atom. The highest BCUT2D eigenvalue weighted by atomic mass is 16.3. The first-order chi connectivity index (χ1) is 27.4. The van der Waals surface area contributed by atoms with E-state index in [9.17, 15) is 39.9 Å². The minimum absolute atomic E-state index is 0.0144. The lowest BCUT2D eigenvalue weighted by Gasteiger charge is -2.63. The molecule has 12 nitrogen and oxygen atoms in total. The number of hydrogen-bond acceptors (Lipinski definition) is 9. The average molecular weight is 801 g/mol. The maximum Gasteiger partial charge on any atom is 0.220 e. The standard InChI is InChI=1S/C46H64N4O8/c1-4-44(18-12-41(57)49-20-14-32-6-5-31(2)37(53)23-32)28-45(19-13-42(58)50-22-16-34-8-10-36(52)39(55)25-34)26-43(3,27-46(47,29-44)30-45)17-11-40(56)48-21-15-33-7-9-35(51)38(54)24-33/h5-10,23-25,51-55H,4,11-22,26-30,47H2,1-3H3,(H,48,56)(H,49,57)(H,50,58). The highest BCUT2D eigenvalue weighted by molar-refractivity contribution is 5.77. The molecule has 2 bridgehead atoms. The summed E-state index contributed by atoms with van der Waals surface area (Å²) in [6, 6.07) is 14.9. The van der Waals surface area contributed by atoms with Crippen LogP contribution in [0.3, 0.4) is 0 Å². The molecule has 4 atom stereocenters. The van der Waals surface area contributed by atoms with E-state index in [4.69, 9.17) is 5.73 Å². The molecular weight excluding hydrogens is 737 g/mol. The number of nitrogens with two attached hydrogens (primary N) is 1. The van der Waals surface area contributed by atoms with Crippen LogP contribution < -0.4 is 21.7 Å². The normalized spacial score (nSPS) is 23.9. The Bertz CT molecular complexity index is 1930. The van der Waals surface area contributed by atoms with Gasteiger partial charge in [0.15, 0.2) is 23.0 Å². The number of phenolic OH excluding ortho intramolecular Hbond substituents is 5. The molecule has 316 valence electrons. The Labute approximate surface area is 342 Å². The van der Waals surface area contributed by atoms with E-state index in [0.717, 1.165) is 60.8 Å². The van der Waals surface area contributed by atoms with E-state index in [2.05, 4.69) is 29.8 Å². The van der Waals surface area contributed by atoms with Crippen molar-refractivity contribution < 1.29 is 39.9 Å². The molecule has 0 saturated heterocycles. The number of aromatic hydroxyl groups is 5. The molecule has 2 aliphatic carbocycles. The summed E-state index contributed by atoms with van der Waals surface area (Å²) in [5, 5.41) is 58.1. The Morgan fingerprint density at radius 1 is 0.586 bits per heavy atom. The Hall–Kier alpha value is -4.97. The van der Waals surface area contributed by atoms with Crippen molar-refractivity contribution in [2.24, 2.45) is 22.0 Å². The van der Waals surface area contributed by atoms with Crippen molar-refractivity contribution in [2.45, 2.75) is 123 Å². The lowest BCUT2D eigenvalue weighted by atomic mass is 9.44. The molecule has 3 aromatic rings. The molecule has 3 aromatic carbocycles. The van der Waals surface area contributed by atoms with Crippen LogP contribution in [-0.2, 0) is 33.6 Å². The van der Waals surface area contributed by atoms with E-state index in [1.807, 2.05) is 19.1 Å². The van der Waals surface area contributed by atoms with Crippen LogP contribution in [0.15, 0.2) is 54.6 Å². The Kier molecular flexibility index (Phi) is 14.3. The van der Waals surface area contributed by atoms with Crippen LogP contribution in [0.5, 0.6) is 28.7 Å². The summed E-state index contributed by atoms with van der Waals surface area (Å²) in [5.74, 6) is -0.653.